The van der Waals surface area contributed by atoms with Crippen LogP contribution in [0.2, 0.25) is 10.0 Å². The maximum Gasteiger partial charge on any atom is 0.220 e. The molecule has 0 radical (unpaired) electrons. The van der Waals surface area contributed by atoms with Gasteiger partial charge in [-0.25, -0.2) is 14.4 Å². The number of carbonyl (C=O) groups is 1. The van der Waals surface area contributed by atoms with Gasteiger partial charge in [0.05, 0.1) is 18.4 Å². The fraction of sp³-hybridized carbons (Fsp3) is 0.433. The van der Waals surface area contributed by atoms with Crippen molar-refractivity contribution >= 4 is 34.9 Å². The van der Waals surface area contributed by atoms with Crippen LogP contribution in [0.1, 0.15) is 31.7 Å². The molecule has 8 nitrogen and oxygen atoms in total. The van der Waals surface area contributed by atoms with Crippen molar-refractivity contribution in [2.45, 2.75) is 44.9 Å². The first-order valence-corrected chi connectivity index (χ1v) is 14.7. The molecule has 0 saturated carbocycles. The maximum atomic E-state index is 14.1. The summed E-state index contributed by atoms with van der Waals surface area (Å²) < 4.78 is 20.3. The second-order valence-electron chi connectivity index (χ2n) is 10.9. The summed E-state index contributed by atoms with van der Waals surface area (Å²) in [4.78, 5) is 24.8. The fourth-order valence-corrected chi connectivity index (χ4v) is 5.85. The molecule has 11 heteroatoms. The highest BCUT2D eigenvalue weighted by molar-refractivity contribution is 6.35. The van der Waals surface area contributed by atoms with Crippen molar-refractivity contribution in [2.24, 2.45) is 11.7 Å². The van der Waals surface area contributed by atoms with Crippen LogP contribution in [0.3, 0.4) is 0 Å². The van der Waals surface area contributed by atoms with Crippen molar-refractivity contribution in [3.8, 4) is 22.9 Å². The largest absolute Gasteiger partial charge is 0.437 e. The average molecular weight is 602 g/mol. The van der Waals surface area contributed by atoms with Crippen LogP contribution in [0.15, 0.2) is 48.7 Å². The summed E-state index contributed by atoms with van der Waals surface area (Å²) in [6, 6.07) is 12.5. The number of hydrogen-bond acceptors (Lipinski definition) is 7. The van der Waals surface area contributed by atoms with E-state index in [-0.39, 0.29) is 12.5 Å². The smallest absolute Gasteiger partial charge is 0.220 e. The summed E-state index contributed by atoms with van der Waals surface area (Å²) in [6.07, 6.45) is 3.18. The van der Waals surface area contributed by atoms with Gasteiger partial charge in [0.2, 0.25) is 11.8 Å². The molecule has 0 spiro atoms. The lowest BCUT2D eigenvalue weighted by molar-refractivity contribution is -0.119. The number of pyridine rings is 2. The zero-order valence-electron chi connectivity index (χ0n) is 23.0. The standard InChI is InChI=1S/C30H35Cl2FN6O2/c1-19(40)35-15-20-4-7-38(8-5-20)17-21-10-28(22-12-23(31)14-24(32)13-22)37-30(11-21)41-25-2-3-29(36-16-25)39-9-6-27(34)26(33)18-39/h2-3,10-14,16,20,26-27H,4-9,15,17-18,34H2,1H3,(H,35,40)/t26-,27+/m1/s1. The summed E-state index contributed by atoms with van der Waals surface area (Å²) in [5, 5.41) is 3.99. The first-order chi connectivity index (χ1) is 19.7. The normalized spacial score (nSPS) is 20.2. The zero-order chi connectivity index (χ0) is 28.9. The van der Waals surface area contributed by atoms with Crippen LogP contribution in [0.5, 0.6) is 11.6 Å². The summed E-state index contributed by atoms with van der Waals surface area (Å²) in [5.74, 6) is 2.14. The van der Waals surface area contributed by atoms with Crippen molar-refractivity contribution in [2.75, 3.05) is 37.6 Å². The minimum absolute atomic E-state index is 0.0138. The summed E-state index contributed by atoms with van der Waals surface area (Å²) in [5.41, 5.74) is 8.36. The van der Waals surface area contributed by atoms with Gasteiger partial charge in [0.25, 0.3) is 0 Å². The molecule has 2 aromatic heterocycles. The molecule has 2 fully saturated rings. The first kappa shape index (κ1) is 29.5. The highest BCUT2D eigenvalue weighted by Gasteiger charge is 2.27. The molecule has 2 saturated heterocycles. The number of piperidine rings is 2. The third kappa shape index (κ3) is 8.07. The van der Waals surface area contributed by atoms with Gasteiger partial charge in [0.1, 0.15) is 17.7 Å². The van der Waals surface area contributed by atoms with Crippen LogP contribution in [-0.2, 0) is 11.3 Å². The Bertz CT molecular complexity index is 1330. The quantitative estimate of drug-likeness (QED) is 0.354. The van der Waals surface area contributed by atoms with Crippen LogP contribution in [0, 0.1) is 5.92 Å². The number of nitrogens with zero attached hydrogens (tertiary/aromatic N) is 4. The predicted octanol–water partition coefficient (Wildman–Crippen LogP) is 5.47. The van der Waals surface area contributed by atoms with E-state index in [4.69, 9.17) is 38.7 Å². The number of benzene rings is 1. The number of likely N-dealkylation sites (tertiary alicyclic amines) is 1. The zero-order valence-corrected chi connectivity index (χ0v) is 24.5. The molecule has 0 bridgehead atoms. The highest BCUT2D eigenvalue weighted by atomic mass is 35.5. The Balaban J connectivity index is 1.33. The van der Waals surface area contributed by atoms with Crippen LogP contribution < -0.4 is 20.7 Å². The molecule has 2 aliphatic rings. The second-order valence-corrected chi connectivity index (χ2v) is 11.8. The van der Waals surface area contributed by atoms with Gasteiger partial charge in [-0.05, 0) is 80.2 Å². The minimum Gasteiger partial charge on any atom is -0.437 e. The number of rotatable bonds is 8. The Kier molecular flexibility index (Phi) is 9.60. The van der Waals surface area contributed by atoms with Gasteiger partial charge in [0, 0.05) is 54.3 Å². The van der Waals surface area contributed by atoms with Crippen LogP contribution in [-0.4, -0.2) is 65.7 Å². The summed E-state index contributed by atoms with van der Waals surface area (Å²) >= 11 is 12.6. The van der Waals surface area contributed by atoms with Gasteiger partial charge in [-0.2, -0.15) is 0 Å². The summed E-state index contributed by atoms with van der Waals surface area (Å²) in [6.45, 7) is 5.77. The van der Waals surface area contributed by atoms with Gasteiger partial charge in [0.15, 0.2) is 0 Å². The Morgan fingerprint density at radius 3 is 2.51 bits per heavy atom. The van der Waals surface area contributed by atoms with Crippen molar-refractivity contribution in [3.05, 3.63) is 64.3 Å². The van der Waals surface area contributed by atoms with Crippen LogP contribution in [0.4, 0.5) is 10.2 Å². The molecule has 218 valence electrons. The van der Waals surface area contributed by atoms with Crippen LogP contribution in [0.25, 0.3) is 11.3 Å². The van der Waals surface area contributed by atoms with Gasteiger partial charge < -0.3 is 20.7 Å². The Morgan fingerprint density at radius 1 is 1.10 bits per heavy atom. The van der Waals surface area contributed by atoms with E-state index < -0.39 is 12.2 Å². The topological polar surface area (TPSA) is 96.6 Å². The van der Waals surface area contributed by atoms with Crippen molar-refractivity contribution in [1.82, 2.24) is 20.2 Å². The molecule has 5 rings (SSSR count). The number of halogens is 3. The second kappa shape index (κ2) is 13.3. The molecule has 0 aliphatic carbocycles. The molecule has 1 aromatic carbocycles. The molecule has 3 N–H and O–H groups in total. The van der Waals surface area contributed by atoms with E-state index in [1.54, 1.807) is 19.2 Å². The number of nitrogens with two attached hydrogens (primary N) is 1. The van der Waals surface area contributed by atoms with Gasteiger partial charge in [-0.1, -0.05) is 23.2 Å². The number of ether oxygens (including phenoxy) is 1. The number of anilines is 1. The molecule has 2 atom stereocenters. The Hall–Kier alpha value is -2.98. The first-order valence-electron chi connectivity index (χ1n) is 13.9. The van der Waals surface area contributed by atoms with E-state index in [9.17, 15) is 9.18 Å². The minimum atomic E-state index is -1.07. The van der Waals surface area contributed by atoms with E-state index in [2.05, 4.69) is 15.2 Å². The van der Waals surface area contributed by atoms with Crippen molar-refractivity contribution < 1.29 is 13.9 Å². The monoisotopic (exact) mass is 600 g/mol. The van der Waals surface area contributed by atoms with Crippen molar-refractivity contribution in [3.63, 3.8) is 0 Å². The van der Waals surface area contributed by atoms with Gasteiger partial charge in [-0.3, -0.25) is 9.69 Å². The van der Waals surface area contributed by atoms with E-state index in [0.717, 1.165) is 50.1 Å². The lowest BCUT2D eigenvalue weighted by Gasteiger charge is -2.33. The average Bonchev–Trinajstić information content (AvgIpc) is 2.94. The number of aromatic nitrogens is 2. The number of nitrogens with one attached hydrogen (secondary N) is 1. The summed E-state index contributed by atoms with van der Waals surface area (Å²) in [7, 11) is 0. The Labute approximate surface area is 250 Å². The molecule has 0 unspecified atom stereocenters. The highest BCUT2D eigenvalue weighted by Crippen LogP contribution is 2.31. The SMILES string of the molecule is CC(=O)NCC1CCN(Cc2cc(Oc3ccc(N4CC[C@H](N)[C@H](F)C4)nc3)nc(-c3cc(Cl)cc(Cl)c3)c2)CC1. The molecular formula is C30H35Cl2FN6O2. The van der Waals surface area contributed by atoms with E-state index in [0.29, 0.717) is 52.1 Å². The van der Waals surface area contributed by atoms with Gasteiger partial charge >= 0.3 is 0 Å². The van der Waals surface area contributed by atoms with Gasteiger partial charge in [-0.15, -0.1) is 0 Å². The molecule has 41 heavy (non-hydrogen) atoms. The third-order valence-corrected chi connectivity index (χ3v) is 8.07. The predicted molar refractivity (Wildman–Crippen MR) is 160 cm³/mol. The fourth-order valence-electron chi connectivity index (χ4n) is 5.32. The Morgan fingerprint density at radius 2 is 1.85 bits per heavy atom. The number of alkyl halides is 1. The van der Waals surface area contributed by atoms with E-state index >= 15 is 0 Å². The van der Waals surface area contributed by atoms with E-state index in [1.165, 1.54) is 0 Å². The molecule has 2 aliphatic heterocycles. The van der Waals surface area contributed by atoms with E-state index in [1.807, 2.05) is 41.3 Å². The number of amides is 1. The lowest BCUT2D eigenvalue weighted by atomic mass is 9.96. The lowest BCUT2D eigenvalue weighted by Crippen LogP contribution is -2.48. The number of hydrogen-bond donors (Lipinski definition) is 2. The maximum absolute atomic E-state index is 14.1. The van der Waals surface area contributed by atoms with Crippen molar-refractivity contribution in [1.29, 1.82) is 0 Å². The van der Waals surface area contributed by atoms with Crippen LogP contribution >= 0.6 is 23.2 Å². The molecular weight excluding hydrogens is 566 g/mol. The number of carbonyl (C=O) groups excluding carboxylic acids is 1. The third-order valence-electron chi connectivity index (χ3n) is 7.63. The molecule has 4 heterocycles. The molecule has 3 aromatic rings. The molecule has 1 amide bonds.